The van der Waals surface area contributed by atoms with Gasteiger partial charge in [0.05, 0.1) is 12.2 Å². The van der Waals surface area contributed by atoms with Gasteiger partial charge in [0.25, 0.3) is 0 Å². The van der Waals surface area contributed by atoms with Crippen LogP contribution in [0.4, 0.5) is 0 Å². The van der Waals surface area contributed by atoms with Crippen LogP contribution in [0.2, 0.25) is 0 Å². The van der Waals surface area contributed by atoms with Gasteiger partial charge in [-0.3, -0.25) is 0 Å². The van der Waals surface area contributed by atoms with Gasteiger partial charge in [0.2, 0.25) is 0 Å². The Labute approximate surface area is 114 Å². The highest BCUT2D eigenvalue weighted by atomic mass is 127. The van der Waals surface area contributed by atoms with Gasteiger partial charge in [-0.05, 0) is 54.6 Å². The van der Waals surface area contributed by atoms with E-state index in [1.165, 1.54) is 0 Å². The van der Waals surface area contributed by atoms with Crippen LogP contribution in [0.3, 0.4) is 0 Å². The van der Waals surface area contributed by atoms with E-state index in [9.17, 15) is 9.90 Å². The van der Waals surface area contributed by atoms with Gasteiger partial charge in [-0.1, -0.05) is 0 Å². The summed E-state index contributed by atoms with van der Waals surface area (Å²) in [6.07, 6.45) is 0.443. The molecular weight excluding hydrogens is 335 g/mol. The Bertz CT molecular complexity index is 409. The third-order valence-corrected chi connectivity index (χ3v) is 2.81. The predicted octanol–water partition coefficient (Wildman–Crippen LogP) is 2.53. The second kappa shape index (κ2) is 5.68. The van der Waals surface area contributed by atoms with Crippen LogP contribution >= 0.6 is 22.6 Å². The minimum absolute atomic E-state index is 0.146. The summed E-state index contributed by atoms with van der Waals surface area (Å²) >= 11 is 2.05. The topological polar surface area (TPSA) is 66.8 Å². The van der Waals surface area contributed by atoms with Gasteiger partial charge in [0.15, 0.2) is 0 Å². The number of aromatic carboxylic acids is 1. The minimum atomic E-state index is -1.01. The molecule has 4 nitrogen and oxygen atoms in total. The maximum absolute atomic E-state index is 11.0. The first-order valence-corrected chi connectivity index (χ1v) is 6.25. The smallest absolute Gasteiger partial charge is 0.339 e. The van der Waals surface area contributed by atoms with Gasteiger partial charge in [-0.25, -0.2) is 4.79 Å². The molecule has 94 valence electrons. The highest BCUT2D eigenvalue weighted by Gasteiger charge is 2.15. The maximum Gasteiger partial charge on any atom is 0.339 e. The Morgan fingerprint density at radius 3 is 2.65 bits per heavy atom. The Kier molecular flexibility index (Phi) is 4.76. The first kappa shape index (κ1) is 14.2. The van der Waals surface area contributed by atoms with Crippen molar-refractivity contribution in [3.05, 3.63) is 27.3 Å². The summed E-state index contributed by atoms with van der Waals surface area (Å²) in [5.41, 5.74) is -0.667. The molecule has 0 amide bonds. The first-order chi connectivity index (χ1) is 7.79. The number of benzene rings is 1. The van der Waals surface area contributed by atoms with E-state index in [1.807, 2.05) is 22.6 Å². The van der Waals surface area contributed by atoms with Crippen LogP contribution in [-0.2, 0) is 0 Å². The number of hydrogen-bond donors (Lipinski definition) is 2. The fraction of sp³-hybridized carbons (Fsp3) is 0.417. The number of rotatable bonds is 5. The van der Waals surface area contributed by atoms with E-state index < -0.39 is 11.6 Å². The summed E-state index contributed by atoms with van der Waals surface area (Å²) < 4.78 is 6.23. The predicted molar refractivity (Wildman–Crippen MR) is 72.5 cm³/mol. The quantitative estimate of drug-likeness (QED) is 0.801. The molecule has 0 aliphatic rings. The SMILES string of the molecule is CC(C)(O)CCOc1ccc(I)cc1C(=O)O. The largest absolute Gasteiger partial charge is 0.493 e. The standard InChI is InChI=1S/C12H15IO4/c1-12(2,16)5-6-17-10-4-3-8(13)7-9(10)11(14)15/h3-4,7,16H,5-6H2,1-2H3,(H,14,15). The zero-order valence-electron chi connectivity index (χ0n) is 9.74. The van der Waals surface area contributed by atoms with E-state index in [-0.39, 0.29) is 12.2 Å². The average molecular weight is 350 g/mol. The van der Waals surface area contributed by atoms with Gasteiger partial charge >= 0.3 is 5.97 Å². The molecule has 0 fully saturated rings. The first-order valence-electron chi connectivity index (χ1n) is 5.17. The van der Waals surface area contributed by atoms with Crippen LogP contribution in [0.15, 0.2) is 18.2 Å². The number of carbonyl (C=O) groups is 1. The van der Waals surface area contributed by atoms with Crippen LogP contribution in [0.1, 0.15) is 30.6 Å². The fourth-order valence-electron chi connectivity index (χ4n) is 1.21. The molecule has 0 bridgehead atoms. The van der Waals surface area contributed by atoms with Gasteiger partial charge < -0.3 is 14.9 Å². The molecule has 0 saturated carbocycles. The third kappa shape index (κ3) is 4.91. The van der Waals surface area contributed by atoms with Crippen molar-refractivity contribution in [2.75, 3.05) is 6.61 Å². The summed E-state index contributed by atoms with van der Waals surface area (Å²) in [5.74, 6) is -0.677. The number of ether oxygens (including phenoxy) is 1. The second-order valence-electron chi connectivity index (χ2n) is 4.36. The van der Waals surface area contributed by atoms with Gasteiger partial charge in [-0.2, -0.15) is 0 Å². The molecule has 0 unspecified atom stereocenters. The molecule has 1 aromatic rings. The van der Waals surface area contributed by atoms with Gasteiger partial charge in [0, 0.05) is 9.99 Å². The van der Waals surface area contributed by atoms with Crippen LogP contribution in [-0.4, -0.2) is 28.4 Å². The molecule has 0 aromatic heterocycles. The number of carboxylic acid groups (broad SMARTS) is 1. The van der Waals surface area contributed by atoms with E-state index in [0.29, 0.717) is 12.2 Å². The molecule has 0 radical (unpaired) electrons. The van der Waals surface area contributed by atoms with E-state index in [1.54, 1.807) is 32.0 Å². The average Bonchev–Trinajstić information content (AvgIpc) is 2.18. The number of aliphatic hydroxyl groups is 1. The summed E-state index contributed by atoms with van der Waals surface area (Å²) in [5, 5.41) is 18.5. The van der Waals surface area contributed by atoms with Crippen molar-refractivity contribution in [1.29, 1.82) is 0 Å². The molecule has 1 rings (SSSR count). The Balaban J connectivity index is 2.74. The lowest BCUT2D eigenvalue weighted by molar-refractivity contribution is 0.0548. The normalized spacial score (nSPS) is 11.3. The number of carboxylic acids is 1. The number of hydrogen-bond acceptors (Lipinski definition) is 3. The van der Waals surface area contributed by atoms with Crippen LogP contribution in [0.5, 0.6) is 5.75 Å². The van der Waals surface area contributed by atoms with E-state index in [2.05, 4.69) is 0 Å². The van der Waals surface area contributed by atoms with Crippen LogP contribution in [0, 0.1) is 3.57 Å². The highest BCUT2D eigenvalue weighted by Crippen LogP contribution is 2.22. The fourth-order valence-corrected chi connectivity index (χ4v) is 1.70. The monoisotopic (exact) mass is 350 g/mol. The van der Waals surface area contributed by atoms with Crippen molar-refractivity contribution in [3.8, 4) is 5.75 Å². The molecule has 17 heavy (non-hydrogen) atoms. The van der Waals surface area contributed by atoms with Crippen molar-refractivity contribution in [3.63, 3.8) is 0 Å². The summed E-state index contributed by atoms with van der Waals surface area (Å²) in [6.45, 7) is 3.65. The molecule has 0 aliphatic heterocycles. The lowest BCUT2D eigenvalue weighted by Gasteiger charge is -2.17. The van der Waals surface area contributed by atoms with Crippen molar-refractivity contribution in [1.82, 2.24) is 0 Å². The van der Waals surface area contributed by atoms with Crippen molar-refractivity contribution < 1.29 is 19.7 Å². The van der Waals surface area contributed by atoms with E-state index in [4.69, 9.17) is 9.84 Å². The van der Waals surface area contributed by atoms with Gasteiger partial charge in [-0.15, -0.1) is 0 Å². The van der Waals surface area contributed by atoms with Crippen molar-refractivity contribution in [2.45, 2.75) is 25.9 Å². The summed E-state index contributed by atoms with van der Waals surface area (Å²) in [7, 11) is 0. The zero-order chi connectivity index (χ0) is 13.1. The Hall–Kier alpha value is -0.820. The Morgan fingerprint density at radius 2 is 2.12 bits per heavy atom. The van der Waals surface area contributed by atoms with E-state index >= 15 is 0 Å². The summed E-state index contributed by atoms with van der Waals surface area (Å²) in [4.78, 5) is 11.0. The minimum Gasteiger partial charge on any atom is -0.493 e. The van der Waals surface area contributed by atoms with E-state index in [0.717, 1.165) is 3.57 Å². The van der Waals surface area contributed by atoms with Crippen molar-refractivity contribution >= 4 is 28.6 Å². The van der Waals surface area contributed by atoms with Crippen LogP contribution < -0.4 is 4.74 Å². The van der Waals surface area contributed by atoms with Crippen LogP contribution in [0.25, 0.3) is 0 Å². The van der Waals surface area contributed by atoms with Crippen molar-refractivity contribution in [2.24, 2.45) is 0 Å². The third-order valence-electron chi connectivity index (χ3n) is 2.14. The molecule has 0 heterocycles. The molecule has 0 atom stereocenters. The highest BCUT2D eigenvalue weighted by molar-refractivity contribution is 14.1. The molecule has 0 saturated heterocycles. The molecule has 0 spiro atoms. The maximum atomic E-state index is 11.0. The lowest BCUT2D eigenvalue weighted by atomic mass is 10.1. The molecular formula is C12H15IO4. The molecule has 0 aliphatic carbocycles. The second-order valence-corrected chi connectivity index (χ2v) is 5.60. The molecule has 1 aromatic carbocycles. The molecule has 5 heteroatoms. The zero-order valence-corrected chi connectivity index (χ0v) is 11.9. The lowest BCUT2D eigenvalue weighted by Crippen LogP contribution is -2.22. The Morgan fingerprint density at radius 1 is 1.47 bits per heavy atom. The number of halogens is 1. The molecule has 2 N–H and O–H groups in total. The summed E-state index contributed by atoms with van der Waals surface area (Å²) in [6, 6.07) is 4.98. The van der Waals surface area contributed by atoms with Gasteiger partial charge in [0.1, 0.15) is 11.3 Å².